The van der Waals surface area contributed by atoms with Crippen molar-refractivity contribution in [2.24, 2.45) is 0 Å². The number of anilines is 2. The second-order valence-corrected chi connectivity index (χ2v) is 5.95. The molecule has 0 radical (unpaired) electrons. The minimum absolute atomic E-state index is 0.167. The van der Waals surface area contributed by atoms with Crippen molar-refractivity contribution in [1.29, 1.82) is 0 Å². The number of rotatable bonds is 3. The Bertz CT molecular complexity index is 979. The van der Waals surface area contributed by atoms with Crippen molar-refractivity contribution < 1.29 is 14.8 Å². The molecular formula is C18H16N4O3. The molecule has 0 fully saturated rings. The second-order valence-electron chi connectivity index (χ2n) is 5.95. The van der Waals surface area contributed by atoms with Gasteiger partial charge >= 0.3 is 0 Å². The van der Waals surface area contributed by atoms with E-state index in [1.165, 1.54) is 6.07 Å². The molecule has 0 aliphatic carbocycles. The summed E-state index contributed by atoms with van der Waals surface area (Å²) >= 11 is 0. The third-order valence-corrected chi connectivity index (χ3v) is 4.39. The number of para-hydroxylation sites is 1. The number of benzene rings is 2. The first-order chi connectivity index (χ1) is 12.2. The van der Waals surface area contributed by atoms with Gasteiger partial charge in [-0.1, -0.05) is 18.2 Å². The Hall–Kier alpha value is -3.32. The van der Waals surface area contributed by atoms with E-state index in [1.807, 2.05) is 30.5 Å². The summed E-state index contributed by atoms with van der Waals surface area (Å²) in [4.78, 5) is 27.1. The Balaban J connectivity index is 1.59. The highest BCUT2D eigenvalue weighted by Gasteiger charge is 2.27. The van der Waals surface area contributed by atoms with Gasteiger partial charge in [0, 0.05) is 29.1 Å². The van der Waals surface area contributed by atoms with Gasteiger partial charge in [-0.3, -0.25) is 14.8 Å². The predicted octanol–water partition coefficient (Wildman–Crippen LogP) is 2.26. The normalized spacial score (nSPS) is 16.0. The summed E-state index contributed by atoms with van der Waals surface area (Å²) in [6, 6.07) is 12.4. The average molecular weight is 336 g/mol. The molecule has 1 aliphatic rings. The molecule has 3 aromatic rings. The van der Waals surface area contributed by atoms with Gasteiger partial charge in [0.05, 0.1) is 11.4 Å². The zero-order valence-electron chi connectivity index (χ0n) is 13.2. The van der Waals surface area contributed by atoms with Crippen molar-refractivity contribution in [3.63, 3.8) is 0 Å². The molecule has 2 aromatic carbocycles. The molecule has 7 nitrogen and oxygen atoms in total. The molecule has 126 valence electrons. The van der Waals surface area contributed by atoms with Gasteiger partial charge in [-0.2, -0.15) is 0 Å². The standard InChI is InChI=1S/C18H16N4O3/c23-17(22-25)10-5-6-14-15(7-10)21-18(24)16(20-14)8-11-9-19-13-4-2-1-3-12(11)13/h1-7,9,16,19-20,25H,8H2,(H,21,24)(H,22,23)/t16-/m1/s1. The van der Waals surface area contributed by atoms with Gasteiger partial charge in [0.15, 0.2) is 0 Å². The zero-order chi connectivity index (χ0) is 17.4. The van der Waals surface area contributed by atoms with Crippen LogP contribution in [0.5, 0.6) is 0 Å². The lowest BCUT2D eigenvalue weighted by molar-refractivity contribution is -0.117. The molecule has 0 saturated carbocycles. The molecule has 0 unspecified atom stereocenters. The molecule has 4 rings (SSSR count). The number of amides is 2. The maximum Gasteiger partial charge on any atom is 0.274 e. The van der Waals surface area contributed by atoms with Crippen LogP contribution in [0.1, 0.15) is 15.9 Å². The van der Waals surface area contributed by atoms with Gasteiger partial charge in [0.25, 0.3) is 5.91 Å². The van der Waals surface area contributed by atoms with Gasteiger partial charge in [0.2, 0.25) is 5.91 Å². The van der Waals surface area contributed by atoms with Crippen molar-refractivity contribution in [3.05, 3.63) is 59.8 Å². The summed E-state index contributed by atoms with van der Waals surface area (Å²) in [5, 5.41) is 15.8. The highest BCUT2D eigenvalue weighted by molar-refractivity contribution is 6.05. The monoisotopic (exact) mass is 336 g/mol. The van der Waals surface area contributed by atoms with E-state index >= 15 is 0 Å². The van der Waals surface area contributed by atoms with E-state index in [1.54, 1.807) is 17.6 Å². The fourth-order valence-electron chi connectivity index (χ4n) is 3.12. The summed E-state index contributed by atoms with van der Waals surface area (Å²) in [7, 11) is 0. The molecule has 25 heavy (non-hydrogen) atoms. The van der Waals surface area contributed by atoms with Crippen LogP contribution in [-0.4, -0.2) is 28.0 Å². The highest BCUT2D eigenvalue weighted by atomic mass is 16.5. The highest BCUT2D eigenvalue weighted by Crippen LogP contribution is 2.29. The number of carbonyl (C=O) groups excluding carboxylic acids is 2. The minimum atomic E-state index is -0.627. The van der Waals surface area contributed by atoms with Crippen LogP contribution in [-0.2, 0) is 11.2 Å². The van der Waals surface area contributed by atoms with Crippen LogP contribution < -0.4 is 16.1 Å². The summed E-state index contributed by atoms with van der Waals surface area (Å²) < 4.78 is 0. The number of aromatic nitrogens is 1. The first kappa shape index (κ1) is 15.2. The molecule has 0 saturated heterocycles. The van der Waals surface area contributed by atoms with Crippen molar-refractivity contribution >= 4 is 34.1 Å². The van der Waals surface area contributed by atoms with Gasteiger partial charge in [-0.05, 0) is 29.8 Å². The number of fused-ring (bicyclic) bond motifs is 2. The summed E-state index contributed by atoms with van der Waals surface area (Å²) in [6.07, 6.45) is 2.46. The molecule has 0 bridgehead atoms. The first-order valence-electron chi connectivity index (χ1n) is 7.86. The lowest BCUT2D eigenvalue weighted by Crippen LogP contribution is -2.40. The van der Waals surface area contributed by atoms with Crippen molar-refractivity contribution in [2.75, 3.05) is 10.6 Å². The third-order valence-electron chi connectivity index (χ3n) is 4.39. The largest absolute Gasteiger partial charge is 0.372 e. The Kier molecular flexibility index (Phi) is 3.62. The fraction of sp³-hybridized carbons (Fsp3) is 0.111. The zero-order valence-corrected chi connectivity index (χ0v) is 13.2. The molecule has 1 atom stereocenters. The number of aromatic amines is 1. The Morgan fingerprint density at radius 1 is 1.16 bits per heavy atom. The van der Waals surface area contributed by atoms with Crippen LogP contribution >= 0.6 is 0 Å². The molecular weight excluding hydrogens is 320 g/mol. The van der Waals surface area contributed by atoms with Crippen LogP contribution in [0.15, 0.2) is 48.7 Å². The fourth-order valence-corrected chi connectivity index (χ4v) is 3.12. The van der Waals surface area contributed by atoms with E-state index in [9.17, 15) is 9.59 Å². The Labute approximate surface area is 143 Å². The molecule has 2 amide bonds. The van der Waals surface area contributed by atoms with Crippen molar-refractivity contribution in [1.82, 2.24) is 10.5 Å². The SMILES string of the molecule is O=C(NO)c1ccc2c(c1)NC(=O)[C@@H](Cc1c[nH]c3ccccc13)N2. The van der Waals surface area contributed by atoms with Crippen LogP contribution in [0, 0.1) is 0 Å². The number of hydrogen-bond donors (Lipinski definition) is 5. The first-order valence-corrected chi connectivity index (χ1v) is 7.86. The van der Waals surface area contributed by atoms with E-state index in [0.717, 1.165) is 22.2 Å². The number of hydroxylamine groups is 1. The van der Waals surface area contributed by atoms with Gasteiger partial charge < -0.3 is 15.6 Å². The van der Waals surface area contributed by atoms with E-state index in [2.05, 4.69) is 15.6 Å². The molecule has 2 heterocycles. The van der Waals surface area contributed by atoms with Crippen molar-refractivity contribution in [3.8, 4) is 0 Å². The average Bonchev–Trinajstić information content (AvgIpc) is 3.04. The van der Waals surface area contributed by atoms with Gasteiger partial charge in [-0.15, -0.1) is 0 Å². The summed E-state index contributed by atoms with van der Waals surface area (Å²) in [5.41, 5.74) is 5.19. The van der Waals surface area contributed by atoms with E-state index < -0.39 is 11.9 Å². The quantitative estimate of drug-likeness (QED) is 0.374. The summed E-state index contributed by atoms with van der Waals surface area (Å²) in [6.45, 7) is 0. The third kappa shape index (κ3) is 2.70. The summed E-state index contributed by atoms with van der Waals surface area (Å²) in [5.74, 6) is -0.794. The van der Waals surface area contributed by atoms with E-state index in [0.29, 0.717) is 12.1 Å². The molecule has 0 spiro atoms. The maximum absolute atomic E-state index is 12.4. The predicted molar refractivity (Wildman–Crippen MR) is 93.7 cm³/mol. The van der Waals surface area contributed by atoms with E-state index in [4.69, 9.17) is 5.21 Å². The number of carbonyl (C=O) groups is 2. The number of nitrogens with one attached hydrogen (secondary N) is 4. The van der Waals surface area contributed by atoms with E-state index in [-0.39, 0.29) is 11.5 Å². The Morgan fingerprint density at radius 2 is 2.00 bits per heavy atom. The minimum Gasteiger partial charge on any atom is -0.372 e. The lowest BCUT2D eigenvalue weighted by atomic mass is 10.0. The lowest BCUT2D eigenvalue weighted by Gasteiger charge is -2.27. The second kappa shape index (κ2) is 5.95. The van der Waals surface area contributed by atoms with Crippen LogP contribution in [0.2, 0.25) is 0 Å². The number of hydrogen-bond acceptors (Lipinski definition) is 4. The molecule has 1 aliphatic heterocycles. The molecule has 5 N–H and O–H groups in total. The smallest absolute Gasteiger partial charge is 0.274 e. The van der Waals surface area contributed by atoms with Crippen LogP contribution in [0.4, 0.5) is 11.4 Å². The van der Waals surface area contributed by atoms with Gasteiger partial charge in [-0.25, -0.2) is 5.48 Å². The maximum atomic E-state index is 12.4. The topological polar surface area (TPSA) is 106 Å². The van der Waals surface area contributed by atoms with Crippen LogP contribution in [0.25, 0.3) is 10.9 Å². The van der Waals surface area contributed by atoms with Gasteiger partial charge in [0.1, 0.15) is 6.04 Å². The van der Waals surface area contributed by atoms with Crippen LogP contribution in [0.3, 0.4) is 0 Å². The number of H-pyrrole nitrogens is 1. The molecule has 7 heteroatoms. The Morgan fingerprint density at radius 3 is 2.84 bits per heavy atom. The van der Waals surface area contributed by atoms with Crippen molar-refractivity contribution in [2.45, 2.75) is 12.5 Å². The molecule has 1 aromatic heterocycles.